The van der Waals surface area contributed by atoms with Crippen molar-refractivity contribution in [2.24, 2.45) is 18.3 Å². The number of fused-ring (bicyclic) bond motifs is 1. The van der Waals surface area contributed by atoms with Crippen LogP contribution in [0.2, 0.25) is 0 Å². The molecule has 0 saturated heterocycles. The fourth-order valence-electron chi connectivity index (χ4n) is 2.27. The highest BCUT2D eigenvalue weighted by Crippen LogP contribution is 2.24. The minimum atomic E-state index is 0.195. The number of hydrogen-bond acceptors (Lipinski definition) is 6. The second kappa shape index (κ2) is 5.57. The van der Waals surface area contributed by atoms with E-state index in [4.69, 9.17) is 5.84 Å². The van der Waals surface area contributed by atoms with Crippen LogP contribution in [-0.2, 0) is 13.6 Å². The lowest BCUT2D eigenvalue weighted by Gasteiger charge is -2.34. The first-order valence-electron chi connectivity index (χ1n) is 7.09. The van der Waals surface area contributed by atoms with E-state index in [0.29, 0.717) is 18.4 Å². The van der Waals surface area contributed by atoms with Crippen LogP contribution >= 0.6 is 0 Å². The minimum absolute atomic E-state index is 0.195. The van der Waals surface area contributed by atoms with Crippen LogP contribution in [0.4, 0.5) is 5.82 Å². The Morgan fingerprint density at radius 2 is 2.05 bits per heavy atom. The van der Waals surface area contributed by atoms with Crippen LogP contribution in [0.25, 0.3) is 11.0 Å². The summed E-state index contributed by atoms with van der Waals surface area (Å²) in [7, 11) is 3.95. The molecule has 1 unspecified atom stereocenters. The maximum atomic E-state index is 5.56. The van der Waals surface area contributed by atoms with E-state index >= 15 is 0 Å². The zero-order chi connectivity index (χ0) is 15.8. The van der Waals surface area contributed by atoms with Gasteiger partial charge < -0.3 is 5.43 Å². The third-order valence-electron chi connectivity index (χ3n) is 4.08. The zero-order valence-electron chi connectivity index (χ0n) is 13.7. The van der Waals surface area contributed by atoms with Gasteiger partial charge in [-0.3, -0.25) is 9.58 Å². The molecule has 2 rings (SSSR count). The number of nitrogens with zero attached hydrogens (tertiary/aromatic N) is 5. The largest absolute Gasteiger partial charge is 0.308 e. The van der Waals surface area contributed by atoms with Gasteiger partial charge in [0.1, 0.15) is 5.82 Å². The fourth-order valence-corrected chi connectivity index (χ4v) is 2.27. The van der Waals surface area contributed by atoms with Crippen LogP contribution in [0.5, 0.6) is 0 Å². The Morgan fingerprint density at radius 3 is 2.62 bits per heavy atom. The van der Waals surface area contributed by atoms with Crippen LogP contribution in [0.1, 0.15) is 33.5 Å². The van der Waals surface area contributed by atoms with Crippen molar-refractivity contribution in [2.45, 2.75) is 40.3 Å². The molecule has 0 amide bonds. The predicted molar refractivity (Wildman–Crippen MR) is 84.5 cm³/mol. The van der Waals surface area contributed by atoms with E-state index in [1.807, 2.05) is 7.05 Å². The summed E-state index contributed by atoms with van der Waals surface area (Å²) < 4.78 is 1.73. The van der Waals surface area contributed by atoms with E-state index in [1.54, 1.807) is 10.9 Å². The van der Waals surface area contributed by atoms with Crippen molar-refractivity contribution < 1.29 is 0 Å². The number of nitrogen functional groups attached to an aromatic ring is 1. The average Bonchev–Trinajstić information content (AvgIpc) is 2.78. The number of nitrogens with one attached hydrogen (secondary N) is 1. The first-order valence-corrected chi connectivity index (χ1v) is 7.09. The molecular formula is C14H25N7. The van der Waals surface area contributed by atoms with E-state index in [9.17, 15) is 0 Å². The number of aromatic nitrogens is 4. The quantitative estimate of drug-likeness (QED) is 0.656. The van der Waals surface area contributed by atoms with Crippen molar-refractivity contribution >= 4 is 16.9 Å². The van der Waals surface area contributed by atoms with Gasteiger partial charge in [-0.05, 0) is 19.4 Å². The summed E-state index contributed by atoms with van der Waals surface area (Å²) in [6.45, 7) is 9.56. The highest BCUT2D eigenvalue weighted by molar-refractivity contribution is 5.86. The van der Waals surface area contributed by atoms with Gasteiger partial charge in [-0.15, -0.1) is 0 Å². The summed E-state index contributed by atoms with van der Waals surface area (Å²) in [5, 5.41) is 5.03. The second-order valence-electron chi connectivity index (χ2n) is 6.60. The zero-order valence-corrected chi connectivity index (χ0v) is 13.7. The molecule has 0 radical (unpaired) electrons. The van der Waals surface area contributed by atoms with Crippen molar-refractivity contribution in [1.82, 2.24) is 24.6 Å². The summed E-state index contributed by atoms with van der Waals surface area (Å²) in [6, 6.07) is 0.401. The molecule has 0 spiro atoms. The Hall–Kier alpha value is -1.73. The Labute approximate surface area is 125 Å². The van der Waals surface area contributed by atoms with Gasteiger partial charge in [0.15, 0.2) is 11.5 Å². The van der Waals surface area contributed by atoms with Gasteiger partial charge in [0.2, 0.25) is 0 Å². The maximum Gasteiger partial charge on any atom is 0.163 e. The van der Waals surface area contributed by atoms with E-state index in [2.05, 4.69) is 60.1 Å². The molecule has 2 aromatic rings. The molecule has 2 heterocycles. The molecule has 3 N–H and O–H groups in total. The summed E-state index contributed by atoms with van der Waals surface area (Å²) in [5.74, 6) is 6.91. The lowest BCUT2D eigenvalue weighted by atomic mass is 9.87. The van der Waals surface area contributed by atoms with Gasteiger partial charge in [0.25, 0.3) is 0 Å². The molecule has 0 aliphatic heterocycles. The highest BCUT2D eigenvalue weighted by atomic mass is 15.3. The van der Waals surface area contributed by atoms with Gasteiger partial charge in [0, 0.05) is 13.1 Å². The van der Waals surface area contributed by atoms with Gasteiger partial charge >= 0.3 is 0 Å². The first kappa shape index (κ1) is 15.7. The molecule has 0 aliphatic rings. The SMILES string of the molecule is CC(N(C)Cc1nc(NN)c2cnn(C)c2n1)C(C)(C)C. The minimum Gasteiger partial charge on any atom is -0.308 e. The standard InChI is InChI=1S/C14H25N7/c1-9(14(2,3)4)20(5)8-11-17-12(19-15)10-7-16-21(6)13(10)18-11/h7,9H,8,15H2,1-6H3,(H,17,18,19). The van der Waals surface area contributed by atoms with Crippen LogP contribution in [0.3, 0.4) is 0 Å². The van der Waals surface area contributed by atoms with E-state index in [-0.39, 0.29) is 5.41 Å². The monoisotopic (exact) mass is 291 g/mol. The number of nitrogens with two attached hydrogens (primary N) is 1. The van der Waals surface area contributed by atoms with Crippen LogP contribution in [-0.4, -0.2) is 37.7 Å². The second-order valence-corrected chi connectivity index (χ2v) is 6.60. The molecule has 0 bridgehead atoms. The number of anilines is 1. The first-order chi connectivity index (χ1) is 9.74. The molecule has 0 saturated carbocycles. The summed E-state index contributed by atoms with van der Waals surface area (Å²) in [4.78, 5) is 11.3. The number of rotatable bonds is 4. The summed E-state index contributed by atoms with van der Waals surface area (Å²) in [6.07, 6.45) is 1.72. The van der Waals surface area contributed by atoms with Crippen molar-refractivity contribution in [1.29, 1.82) is 0 Å². The van der Waals surface area contributed by atoms with Crippen molar-refractivity contribution in [3.8, 4) is 0 Å². The van der Waals surface area contributed by atoms with E-state index in [1.165, 1.54) is 0 Å². The van der Waals surface area contributed by atoms with Crippen LogP contribution in [0, 0.1) is 5.41 Å². The molecule has 7 heteroatoms. The van der Waals surface area contributed by atoms with Gasteiger partial charge in [0.05, 0.1) is 18.1 Å². The number of hydrazine groups is 1. The maximum absolute atomic E-state index is 5.56. The third kappa shape index (κ3) is 3.14. The smallest absolute Gasteiger partial charge is 0.163 e. The topological polar surface area (TPSA) is 84.9 Å². The van der Waals surface area contributed by atoms with Crippen molar-refractivity contribution in [2.75, 3.05) is 12.5 Å². The predicted octanol–water partition coefficient (Wildman–Crippen LogP) is 1.52. The lowest BCUT2D eigenvalue weighted by molar-refractivity contribution is 0.132. The molecule has 0 aliphatic carbocycles. The normalized spacial score (nSPS) is 13.9. The van der Waals surface area contributed by atoms with Crippen molar-refractivity contribution in [3.63, 3.8) is 0 Å². The van der Waals surface area contributed by atoms with E-state index in [0.717, 1.165) is 16.9 Å². The molecular weight excluding hydrogens is 266 g/mol. The number of hydrogen-bond donors (Lipinski definition) is 2. The Kier molecular flexibility index (Phi) is 4.15. The summed E-state index contributed by atoms with van der Waals surface area (Å²) in [5.41, 5.74) is 3.61. The molecule has 0 fully saturated rings. The molecule has 0 aromatic carbocycles. The van der Waals surface area contributed by atoms with Crippen LogP contribution < -0.4 is 11.3 Å². The van der Waals surface area contributed by atoms with Gasteiger partial charge in [-0.2, -0.15) is 5.10 Å². The number of aryl methyl sites for hydroxylation is 1. The van der Waals surface area contributed by atoms with Gasteiger partial charge in [-0.25, -0.2) is 15.8 Å². The average molecular weight is 291 g/mol. The molecule has 1 atom stereocenters. The molecule has 7 nitrogen and oxygen atoms in total. The Balaban J connectivity index is 2.32. The molecule has 21 heavy (non-hydrogen) atoms. The van der Waals surface area contributed by atoms with Crippen molar-refractivity contribution in [3.05, 3.63) is 12.0 Å². The van der Waals surface area contributed by atoms with Crippen LogP contribution in [0.15, 0.2) is 6.20 Å². The Bertz CT molecular complexity index is 626. The lowest BCUT2D eigenvalue weighted by Crippen LogP contribution is -2.39. The Morgan fingerprint density at radius 1 is 1.38 bits per heavy atom. The molecule has 2 aromatic heterocycles. The summed E-state index contributed by atoms with van der Waals surface area (Å²) >= 11 is 0. The molecule has 116 valence electrons. The third-order valence-corrected chi connectivity index (χ3v) is 4.08. The highest BCUT2D eigenvalue weighted by Gasteiger charge is 2.24. The van der Waals surface area contributed by atoms with Gasteiger partial charge in [-0.1, -0.05) is 20.8 Å². The van der Waals surface area contributed by atoms with E-state index < -0.39 is 0 Å². The fraction of sp³-hybridized carbons (Fsp3) is 0.643.